The number of para-hydroxylation sites is 2. The van der Waals surface area contributed by atoms with Crippen molar-refractivity contribution in [2.24, 2.45) is 0 Å². The lowest BCUT2D eigenvalue weighted by molar-refractivity contribution is -0.141. The summed E-state index contributed by atoms with van der Waals surface area (Å²) in [4.78, 5) is 29.1. The van der Waals surface area contributed by atoms with Gasteiger partial charge in [0.25, 0.3) is 0 Å². The van der Waals surface area contributed by atoms with Gasteiger partial charge in [-0.1, -0.05) is 72.3 Å². The standard InChI is InChI=1S/C32H41N3O5S/c1-24(2)33-32(37)29(22-26-14-7-6-8-15-26)34(23-27-16-11-13-25(3)21-27)31(36)19-12-20-35(41(5,38)39)28-17-9-10-18-30(28)40-4/h6-11,13-18,21,24,29H,12,19-20,22-23H2,1-5H3,(H,33,37). The van der Waals surface area contributed by atoms with E-state index in [2.05, 4.69) is 5.32 Å². The normalized spacial score (nSPS) is 12.0. The van der Waals surface area contributed by atoms with E-state index >= 15 is 0 Å². The highest BCUT2D eigenvalue weighted by Gasteiger charge is 2.31. The second-order valence-corrected chi connectivity index (χ2v) is 12.4. The van der Waals surface area contributed by atoms with Crippen LogP contribution in [0.1, 0.15) is 43.4 Å². The Kier molecular flexibility index (Phi) is 11.3. The molecule has 9 heteroatoms. The zero-order valence-electron chi connectivity index (χ0n) is 24.5. The first kappa shape index (κ1) is 31.7. The molecule has 0 bridgehead atoms. The third-order valence-electron chi connectivity index (χ3n) is 6.64. The first-order valence-corrected chi connectivity index (χ1v) is 15.6. The Morgan fingerprint density at radius 3 is 2.22 bits per heavy atom. The maximum atomic E-state index is 13.9. The first-order chi connectivity index (χ1) is 19.5. The van der Waals surface area contributed by atoms with Crippen LogP contribution in [0.2, 0.25) is 0 Å². The lowest BCUT2D eigenvalue weighted by Gasteiger charge is -2.32. The van der Waals surface area contributed by atoms with E-state index in [1.54, 1.807) is 29.2 Å². The van der Waals surface area contributed by atoms with Crippen molar-refractivity contribution in [3.8, 4) is 5.75 Å². The number of carbonyl (C=O) groups excluding carboxylic acids is 2. The van der Waals surface area contributed by atoms with Gasteiger partial charge in [0, 0.05) is 32.0 Å². The number of hydrogen-bond donors (Lipinski definition) is 1. The van der Waals surface area contributed by atoms with Crippen LogP contribution in [0.3, 0.4) is 0 Å². The molecule has 0 heterocycles. The van der Waals surface area contributed by atoms with Crippen LogP contribution in [0.15, 0.2) is 78.9 Å². The predicted octanol–water partition coefficient (Wildman–Crippen LogP) is 4.71. The number of aryl methyl sites for hydroxylation is 1. The number of anilines is 1. The van der Waals surface area contributed by atoms with E-state index in [1.165, 1.54) is 11.4 Å². The molecule has 2 amide bonds. The minimum absolute atomic E-state index is 0.0627. The Labute approximate surface area is 244 Å². The molecule has 0 aliphatic heterocycles. The van der Waals surface area contributed by atoms with E-state index in [1.807, 2.05) is 75.4 Å². The molecule has 41 heavy (non-hydrogen) atoms. The molecule has 1 N–H and O–H groups in total. The Morgan fingerprint density at radius 2 is 1.59 bits per heavy atom. The van der Waals surface area contributed by atoms with Gasteiger partial charge in [0.2, 0.25) is 21.8 Å². The number of nitrogens with one attached hydrogen (secondary N) is 1. The zero-order valence-corrected chi connectivity index (χ0v) is 25.4. The molecule has 0 aliphatic rings. The van der Waals surface area contributed by atoms with Crippen LogP contribution in [-0.2, 0) is 32.6 Å². The van der Waals surface area contributed by atoms with Gasteiger partial charge in [0.05, 0.1) is 19.1 Å². The molecule has 3 aromatic carbocycles. The number of rotatable bonds is 14. The Balaban J connectivity index is 1.90. The monoisotopic (exact) mass is 579 g/mol. The summed E-state index contributed by atoms with van der Waals surface area (Å²) in [7, 11) is -2.15. The van der Waals surface area contributed by atoms with Crippen LogP contribution in [0.25, 0.3) is 0 Å². The average Bonchev–Trinajstić information content (AvgIpc) is 2.92. The van der Waals surface area contributed by atoms with Crippen molar-refractivity contribution < 1.29 is 22.7 Å². The van der Waals surface area contributed by atoms with Crippen LogP contribution < -0.4 is 14.4 Å². The fourth-order valence-corrected chi connectivity index (χ4v) is 5.73. The molecule has 8 nitrogen and oxygen atoms in total. The highest BCUT2D eigenvalue weighted by Crippen LogP contribution is 2.30. The van der Waals surface area contributed by atoms with E-state index in [9.17, 15) is 18.0 Å². The van der Waals surface area contributed by atoms with Gasteiger partial charge in [-0.15, -0.1) is 0 Å². The molecule has 0 spiro atoms. The third-order valence-corrected chi connectivity index (χ3v) is 7.82. The highest BCUT2D eigenvalue weighted by molar-refractivity contribution is 7.92. The van der Waals surface area contributed by atoms with Crippen molar-refractivity contribution in [1.29, 1.82) is 0 Å². The summed E-state index contributed by atoms with van der Waals surface area (Å²) < 4.78 is 32.1. The largest absolute Gasteiger partial charge is 0.495 e. The molecular formula is C32H41N3O5S. The number of ether oxygens (including phenoxy) is 1. The van der Waals surface area contributed by atoms with Gasteiger partial charge in [-0.05, 0) is 50.5 Å². The topological polar surface area (TPSA) is 96.0 Å². The highest BCUT2D eigenvalue weighted by atomic mass is 32.2. The molecule has 3 rings (SSSR count). The molecule has 220 valence electrons. The minimum atomic E-state index is -3.64. The van der Waals surface area contributed by atoms with Crippen molar-refractivity contribution in [2.45, 2.75) is 58.7 Å². The number of nitrogens with zero attached hydrogens (tertiary/aromatic N) is 2. The van der Waals surface area contributed by atoms with E-state index in [-0.39, 0.29) is 43.8 Å². The van der Waals surface area contributed by atoms with Crippen molar-refractivity contribution in [2.75, 3.05) is 24.2 Å². The van der Waals surface area contributed by atoms with Crippen LogP contribution in [0, 0.1) is 6.92 Å². The summed E-state index contributed by atoms with van der Waals surface area (Å²) in [5.41, 5.74) is 3.33. The molecule has 0 saturated heterocycles. The SMILES string of the molecule is COc1ccccc1N(CCCC(=O)N(Cc1cccc(C)c1)C(Cc1ccccc1)C(=O)NC(C)C)S(C)(=O)=O. The second kappa shape index (κ2) is 14.7. The molecule has 0 radical (unpaired) electrons. The fourth-order valence-electron chi connectivity index (χ4n) is 4.76. The summed E-state index contributed by atoms with van der Waals surface area (Å²) in [6.07, 6.45) is 1.82. The third kappa shape index (κ3) is 9.35. The number of methoxy groups -OCH3 is 1. The zero-order chi connectivity index (χ0) is 30.0. The van der Waals surface area contributed by atoms with Gasteiger partial charge < -0.3 is 15.0 Å². The lowest BCUT2D eigenvalue weighted by Crippen LogP contribution is -2.51. The summed E-state index contributed by atoms with van der Waals surface area (Å²) in [6, 6.07) is 23.6. The summed E-state index contributed by atoms with van der Waals surface area (Å²) >= 11 is 0. The Bertz CT molecular complexity index is 1410. The predicted molar refractivity (Wildman–Crippen MR) is 163 cm³/mol. The van der Waals surface area contributed by atoms with Crippen molar-refractivity contribution in [1.82, 2.24) is 10.2 Å². The number of hydrogen-bond acceptors (Lipinski definition) is 5. The van der Waals surface area contributed by atoms with E-state index in [4.69, 9.17) is 4.74 Å². The van der Waals surface area contributed by atoms with Crippen LogP contribution in [0.4, 0.5) is 5.69 Å². The lowest BCUT2D eigenvalue weighted by atomic mass is 10.0. The Hall–Kier alpha value is -3.85. The summed E-state index contributed by atoms with van der Waals surface area (Å²) in [5, 5.41) is 2.99. The molecule has 1 unspecified atom stereocenters. The molecule has 0 fully saturated rings. The molecule has 0 aliphatic carbocycles. The molecular weight excluding hydrogens is 538 g/mol. The number of benzene rings is 3. The van der Waals surface area contributed by atoms with Gasteiger partial charge >= 0.3 is 0 Å². The van der Waals surface area contributed by atoms with E-state index in [0.717, 1.165) is 22.9 Å². The van der Waals surface area contributed by atoms with Gasteiger partial charge in [-0.2, -0.15) is 0 Å². The van der Waals surface area contributed by atoms with Crippen LogP contribution >= 0.6 is 0 Å². The van der Waals surface area contributed by atoms with Gasteiger partial charge in [0.15, 0.2) is 0 Å². The van der Waals surface area contributed by atoms with Gasteiger partial charge in [-0.3, -0.25) is 13.9 Å². The average molecular weight is 580 g/mol. The quantitative estimate of drug-likeness (QED) is 0.298. The number of sulfonamides is 1. The number of amides is 2. The Morgan fingerprint density at radius 1 is 0.927 bits per heavy atom. The summed E-state index contributed by atoms with van der Waals surface area (Å²) in [5.74, 6) is -0.0185. The van der Waals surface area contributed by atoms with Gasteiger partial charge in [-0.25, -0.2) is 8.42 Å². The van der Waals surface area contributed by atoms with Crippen LogP contribution in [-0.4, -0.2) is 57.1 Å². The first-order valence-electron chi connectivity index (χ1n) is 13.8. The molecule has 0 aromatic heterocycles. The molecule has 1 atom stereocenters. The van der Waals surface area contributed by atoms with E-state index in [0.29, 0.717) is 17.9 Å². The fraction of sp³-hybridized carbons (Fsp3) is 0.375. The van der Waals surface area contributed by atoms with Crippen molar-refractivity contribution >= 4 is 27.5 Å². The van der Waals surface area contributed by atoms with E-state index < -0.39 is 16.1 Å². The van der Waals surface area contributed by atoms with Crippen molar-refractivity contribution in [3.05, 3.63) is 95.6 Å². The minimum Gasteiger partial charge on any atom is -0.495 e. The van der Waals surface area contributed by atoms with Crippen LogP contribution in [0.5, 0.6) is 5.75 Å². The maximum Gasteiger partial charge on any atom is 0.243 e. The second-order valence-electron chi connectivity index (χ2n) is 10.5. The smallest absolute Gasteiger partial charge is 0.243 e. The summed E-state index contributed by atoms with van der Waals surface area (Å²) in [6.45, 7) is 6.11. The molecule has 0 saturated carbocycles. The van der Waals surface area contributed by atoms with Gasteiger partial charge in [0.1, 0.15) is 11.8 Å². The number of carbonyl (C=O) groups is 2. The van der Waals surface area contributed by atoms with Crippen molar-refractivity contribution in [3.63, 3.8) is 0 Å². The maximum absolute atomic E-state index is 13.9. The molecule has 3 aromatic rings.